The van der Waals surface area contributed by atoms with Crippen molar-refractivity contribution >= 4 is 27.6 Å². The van der Waals surface area contributed by atoms with Crippen molar-refractivity contribution in [3.05, 3.63) is 76.9 Å². The molecule has 0 spiro atoms. The highest BCUT2D eigenvalue weighted by molar-refractivity contribution is 5.96. The predicted molar refractivity (Wildman–Crippen MR) is 119 cm³/mol. The number of nitrogens with zero attached hydrogens (tertiary/aromatic N) is 5. The van der Waals surface area contributed by atoms with Crippen LogP contribution in [0, 0.1) is 0 Å². The number of nitrogen functional groups attached to an aromatic ring is 1. The van der Waals surface area contributed by atoms with Crippen LogP contribution in [0.4, 0.5) is 5.82 Å². The molecule has 154 valence electrons. The summed E-state index contributed by atoms with van der Waals surface area (Å²) >= 11 is 0. The molecule has 5 rings (SSSR count). The maximum atomic E-state index is 12.8. The number of pyridine rings is 1. The summed E-state index contributed by atoms with van der Waals surface area (Å²) in [6.45, 7) is 3.92. The van der Waals surface area contributed by atoms with E-state index in [-0.39, 0.29) is 0 Å². The third-order valence-corrected chi connectivity index (χ3v) is 5.46. The summed E-state index contributed by atoms with van der Waals surface area (Å²) in [4.78, 5) is 25.9. The normalized spacial score (nSPS) is 12.5. The average molecular weight is 412 g/mol. The number of hydrogen-bond donors (Lipinski definition) is 1. The lowest BCUT2D eigenvalue weighted by Gasteiger charge is -2.17. The van der Waals surface area contributed by atoms with Gasteiger partial charge >= 0.3 is 5.63 Å². The number of benzene rings is 1. The van der Waals surface area contributed by atoms with Crippen molar-refractivity contribution < 1.29 is 4.42 Å². The van der Waals surface area contributed by atoms with Crippen LogP contribution in [-0.4, -0.2) is 24.7 Å². The molecule has 0 bridgehead atoms. The molecule has 4 aromatic heterocycles. The molecule has 1 aromatic carbocycles. The Labute approximate surface area is 177 Å². The minimum absolute atomic E-state index is 0.380. The van der Waals surface area contributed by atoms with Gasteiger partial charge in [-0.05, 0) is 31.5 Å². The quantitative estimate of drug-likeness (QED) is 0.478. The number of fused-ring (bicyclic) bond motifs is 2. The van der Waals surface area contributed by atoms with Crippen molar-refractivity contribution in [3.8, 4) is 11.3 Å². The van der Waals surface area contributed by atoms with Gasteiger partial charge in [0.2, 0.25) is 0 Å². The fourth-order valence-corrected chi connectivity index (χ4v) is 3.98. The van der Waals surface area contributed by atoms with Crippen molar-refractivity contribution in [2.24, 2.45) is 0 Å². The number of rotatable bonds is 4. The molecule has 0 aliphatic heterocycles. The van der Waals surface area contributed by atoms with Crippen LogP contribution in [0.1, 0.15) is 31.3 Å². The van der Waals surface area contributed by atoms with Crippen LogP contribution < -0.4 is 11.4 Å². The predicted octanol–water partition coefficient (Wildman–Crippen LogP) is 3.75. The van der Waals surface area contributed by atoms with Crippen LogP contribution in [0.2, 0.25) is 0 Å². The van der Waals surface area contributed by atoms with Gasteiger partial charge in [-0.15, -0.1) is 0 Å². The molecule has 31 heavy (non-hydrogen) atoms. The van der Waals surface area contributed by atoms with Gasteiger partial charge in [0.05, 0.1) is 22.2 Å². The Hall–Kier alpha value is -4.07. The molecule has 0 fully saturated rings. The van der Waals surface area contributed by atoms with Gasteiger partial charge in [0.15, 0.2) is 5.65 Å². The molecule has 0 amide bonds. The number of hydrogen-bond acceptors (Lipinski definition) is 7. The van der Waals surface area contributed by atoms with E-state index in [2.05, 4.69) is 15.0 Å². The topological polar surface area (TPSA) is 113 Å². The molecule has 8 heteroatoms. The van der Waals surface area contributed by atoms with E-state index in [1.165, 1.54) is 6.33 Å². The zero-order chi connectivity index (χ0) is 21.5. The highest BCUT2D eigenvalue weighted by atomic mass is 16.4. The largest absolute Gasteiger partial charge is 0.424 e. The molecular formula is C23H20N6O2. The molecule has 8 nitrogen and oxygen atoms in total. The molecule has 0 radical (unpaired) electrons. The minimum atomic E-state index is -0.439. The fraction of sp³-hybridized carbons (Fsp3) is 0.174. The van der Waals surface area contributed by atoms with E-state index in [0.29, 0.717) is 34.7 Å². The maximum Gasteiger partial charge on any atom is 0.343 e. The first-order chi connectivity index (χ1) is 15.1. The van der Waals surface area contributed by atoms with Gasteiger partial charge in [-0.2, -0.15) is 5.10 Å². The summed E-state index contributed by atoms with van der Waals surface area (Å²) in [6, 6.07) is 12.6. The van der Waals surface area contributed by atoms with Crippen LogP contribution in [0.15, 0.2) is 64.2 Å². The summed E-state index contributed by atoms with van der Waals surface area (Å²) in [6.07, 6.45) is 3.80. The Morgan fingerprint density at radius 2 is 1.84 bits per heavy atom. The van der Waals surface area contributed by atoms with E-state index in [0.717, 1.165) is 22.0 Å². The summed E-state index contributed by atoms with van der Waals surface area (Å²) in [5.74, 6) is 0.844. The van der Waals surface area contributed by atoms with E-state index in [1.807, 2.05) is 50.2 Å². The molecule has 0 saturated carbocycles. The lowest BCUT2D eigenvalue weighted by molar-refractivity contribution is 0.404. The van der Waals surface area contributed by atoms with Gasteiger partial charge in [-0.3, -0.25) is 4.98 Å². The SMILES string of the molecule is CCc1nn(C(C)c2oc(=O)c3ccccc3c2-c2ccccn2)c2ncnc(N)c12. The summed E-state index contributed by atoms with van der Waals surface area (Å²) in [5, 5.41) is 6.75. The van der Waals surface area contributed by atoms with Gasteiger partial charge in [0.25, 0.3) is 0 Å². The summed E-state index contributed by atoms with van der Waals surface area (Å²) in [5.41, 5.74) is 8.57. The third kappa shape index (κ3) is 2.95. The second kappa shape index (κ2) is 7.32. The first kappa shape index (κ1) is 18.9. The second-order valence-corrected chi connectivity index (χ2v) is 7.27. The van der Waals surface area contributed by atoms with E-state index in [4.69, 9.17) is 15.2 Å². The Morgan fingerprint density at radius 1 is 1.06 bits per heavy atom. The Morgan fingerprint density at radius 3 is 2.58 bits per heavy atom. The zero-order valence-electron chi connectivity index (χ0n) is 17.1. The van der Waals surface area contributed by atoms with Crippen molar-refractivity contribution in [1.29, 1.82) is 0 Å². The van der Waals surface area contributed by atoms with Crippen LogP contribution >= 0.6 is 0 Å². The Bertz CT molecular complexity index is 1470. The van der Waals surface area contributed by atoms with Gasteiger partial charge in [-0.25, -0.2) is 19.4 Å². The lowest BCUT2D eigenvalue weighted by Crippen LogP contribution is -2.15. The molecular weight excluding hydrogens is 392 g/mol. The standard InChI is InChI=1S/C23H20N6O2/c1-3-16-19-21(24)26-12-27-22(19)29(28-16)13(2)20-18(17-10-6-7-11-25-17)14-8-4-5-9-15(14)23(30)31-20/h4-13H,3H2,1-2H3,(H2,24,26,27). The third-order valence-electron chi connectivity index (χ3n) is 5.46. The molecule has 4 heterocycles. The van der Waals surface area contributed by atoms with Crippen LogP contribution in [0.5, 0.6) is 0 Å². The number of nitrogens with two attached hydrogens (primary N) is 1. The molecule has 1 atom stereocenters. The molecule has 0 aliphatic carbocycles. The van der Waals surface area contributed by atoms with Gasteiger partial charge in [0.1, 0.15) is 23.9 Å². The Balaban J connectivity index is 1.83. The molecule has 5 aromatic rings. The van der Waals surface area contributed by atoms with Crippen LogP contribution in [0.25, 0.3) is 33.1 Å². The molecule has 0 saturated heterocycles. The first-order valence-corrected chi connectivity index (χ1v) is 10.0. The van der Waals surface area contributed by atoms with Crippen LogP contribution in [0.3, 0.4) is 0 Å². The molecule has 0 aliphatic rings. The highest BCUT2D eigenvalue weighted by Crippen LogP contribution is 2.35. The maximum absolute atomic E-state index is 12.8. The van der Waals surface area contributed by atoms with E-state index in [9.17, 15) is 4.79 Å². The Kier molecular flexibility index (Phi) is 4.47. The summed E-state index contributed by atoms with van der Waals surface area (Å²) < 4.78 is 7.63. The second-order valence-electron chi connectivity index (χ2n) is 7.27. The summed E-state index contributed by atoms with van der Waals surface area (Å²) in [7, 11) is 0. The highest BCUT2D eigenvalue weighted by Gasteiger charge is 2.26. The van der Waals surface area contributed by atoms with Gasteiger partial charge in [-0.1, -0.05) is 31.2 Å². The number of aromatic nitrogens is 5. The van der Waals surface area contributed by atoms with E-state index >= 15 is 0 Å². The fourth-order valence-electron chi connectivity index (χ4n) is 3.98. The number of anilines is 1. The van der Waals surface area contributed by atoms with Crippen molar-refractivity contribution in [1.82, 2.24) is 24.7 Å². The van der Waals surface area contributed by atoms with E-state index in [1.54, 1.807) is 16.9 Å². The molecule has 1 unspecified atom stereocenters. The average Bonchev–Trinajstić information content (AvgIpc) is 3.19. The molecule has 2 N–H and O–H groups in total. The zero-order valence-corrected chi connectivity index (χ0v) is 17.1. The van der Waals surface area contributed by atoms with Crippen molar-refractivity contribution in [2.45, 2.75) is 26.3 Å². The van der Waals surface area contributed by atoms with Gasteiger partial charge in [0, 0.05) is 17.1 Å². The van der Waals surface area contributed by atoms with Crippen LogP contribution in [-0.2, 0) is 6.42 Å². The lowest BCUT2D eigenvalue weighted by atomic mass is 9.99. The van der Waals surface area contributed by atoms with Crippen molar-refractivity contribution in [3.63, 3.8) is 0 Å². The first-order valence-electron chi connectivity index (χ1n) is 10.0. The van der Waals surface area contributed by atoms with E-state index < -0.39 is 11.7 Å². The number of aryl methyl sites for hydroxylation is 1. The smallest absolute Gasteiger partial charge is 0.343 e. The van der Waals surface area contributed by atoms with Crippen molar-refractivity contribution in [2.75, 3.05) is 5.73 Å². The monoisotopic (exact) mass is 412 g/mol. The van der Waals surface area contributed by atoms with Gasteiger partial charge < -0.3 is 10.2 Å². The minimum Gasteiger partial charge on any atom is -0.424 e.